The number of benzene rings is 2. The Morgan fingerprint density at radius 2 is 1.33 bits per heavy atom. The second-order valence-corrected chi connectivity index (χ2v) is 7.63. The average Bonchev–Trinajstić information content (AvgIpc) is 2.43. The summed E-state index contributed by atoms with van der Waals surface area (Å²) in [5.74, 6) is 0.0621. The molecule has 0 saturated carbocycles. The van der Waals surface area contributed by atoms with E-state index in [4.69, 9.17) is 8.74 Å². The van der Waals surface area contributed by atoms with E-state index in [1.807, 2.05) is 6.92 Å². The van der Waals surface area contributed by atoms with E-state index < -0.39 is 21.5 Å². The molecule has 0 radical (unpaired) electrons. The molecule has 0 heterocycles. The molecule has 0 spiro atoms. The van der Waals surface area contributed by atoms with Crippen LogP contribution in [0.4, 0.5) is 0 Å². The molecule has 6 nitrogen and oxygen atoms in total. The van der Waals surface area contributed by atoms with E-state index in [0.29, 0.717) is 11.1 Å². The number of aryl methyl sites for hydroxylation is 4. The first-order valence-corrected chi connectivity index (χ1v) is 9.47. The maximum Gasteiger partial charge on any atom is 0.357 e. The highest BCUT2D eigenvalue weighted by Crippen LogP contribution is 2.38. The average molecular weight is 370 g/mol. The predicted octanol–water partition coefficient (Wildman–Crippen LogP) is 3.35. The highest BCUT2D eigenvalue weighted by molar-refractivity contribution is 7.86. The van der Waals surface area contributed by atoms with Crippen LogP contribution in [0.2, 0.25) is 0 Å². The van der Waals surface area contributed by atoms with Crippen molar-refractivity contribution in [2.24, 2.45) is 0 Å². The van der Waals surface area contributed by atoms with Gasteiger partial charge in [0.05, 0.1) is 0 Å². The highest BCUT2D eigenvalue weighted by Gasteiger charge is 2.22. The van der Waals surface area contributed by atoms with Crippen LogP contribution in [0.25, 0.3) is 11.1 Å². The zero-order valence-corrected chi connectivity index (χ0v) is 15.3. The maximum atomic E-state index is 11.8. The SMILES string of the molecule is Cc1cc(OS(=O)O)c(-c2cc(C)c(C)cc2S(=O)(=O)O)cc1C. The van der Waals surface area contributed by atoms with Gasteiger partial charge in [-0.15, -0.1) is 0 Å². The summed E-state index contributed by atoms with van der Waals surface area (Å²) in [6.07, 6.45) is 0. The van der Waals surface area contributed by atoms with Crippen molar-refractivity contribution in [3.05, 3.63) is 46.5 Å². The maximum absolute atomic E-state index is 11.8. The van der Waals surface area contributed by atoms with Gasteiger partial charge in [0.25, 0.3) is 10.1 Å². The standard InChI is InChI=1S/C16H18O6S2/c1-9-5-13(15(7-11(9)3)22-23(17)18)14-6-10(2)12(4)8-16(14)24(19,20)21/h5-8H,1-4H3,(H,17,18)(H,19,20,21). The number of rotatable bonds is 4. The van der Waals surface area contributed by atoms with Crippen LogP contribution in [-0.2, 0) is 21.5 Å². The number of hydrogen-bond acceptors (Lipinski definition) is 4. The third-order valence-corrected chi connectivity index (χ3v) is 5.14. The molecule has 130 valence electrons. The molecule has 2 aromatic carbocycles. The van der Waals surface area contributed by atoms with Crippen LogP contribution in [0.3, 0.4) is 0 Å². The minimum Gasteiger partial charge on any atom is -0.379 e. The van der Waals surface area contributed by atoms with Crippen LogP contribution >= 0.6 is 0 Å². The molecule has 0 aliphatic heterocycles. The topological polar surface area (TPSA) is 101 Å². The van der Waals surface area contributed by atoms with Crippen LogP contribution in [0.5, 0.6) is 5.75 Å². The molecule has 0 saturated heterocycles. The Labute approximate surface area is 143 Å². The van der Waals surface area contributed by atoms with E-state index in [1.165, 1.54) is 6.07 Å². The van der Waals surface area contributed by atoms with Crippen molar-refractivity contribution in [1.29, 1.82) is 0 Å². The van der Waals surface area contributed by atoms with Crippen molar-refractivity contribution in [1.82, 2.24) is 0 Å². The molecule has 0 bridgehead atoms. The Hall–Kier alpha value is -1.74. The van der Waals surface area contributed by atoms with Gasteiger partial charge in [0.15, 0.2) is 5.75 Å². The van der Waals surface area contributed by atoms with Crippen LogP contribution < -0.4 is 4.18 Å². The first-order valence-electron chi connectivity index (χ1n) is 7.00. The van der Waals surface area contributed by atoms with Crippen LogP contribution in [0.1, 0.15) is 22.3 Å². The lowest BCUT2D eigenvalue weighted by Gasteiger charge is -2.16. The molecule has 0 amide bonds. The zero-order chi connectivity index (χ0) is 18.2. The van der Waals surface area contributed by atoms with E-state index in [9.17, 15) is 17.2 Å². The van der Waals surface area contributed by atoms with Gasteiger partial charge in [-0.2, -0.15) is 12.6 Å². The predicted molar refractivity (Wildman–Crippen MR) is 92.0 cm³/mol. The molecule has 2 N–H and O–H groups in total. The van der Waals surface area contributed by atoms with Gasteiger partial charge >= 0.3 is 11.4 Å². The van der Waals surface area contributed by atoms with Crippen molar-refractivity contribution in [3.8, 4) is 16.9 Å². The molecule has 2 rings (SSSR count). The van der Waals surface area contributed by atoms with Gasteiger partial charge in [0.2, 0.25) is 0 Å². The minimum absolute atomic E-state index is 0.0621. The van der Waals surface area contributed by atoms with Crippen molar-refractivity contribution in [3.63, 3.8) is 0 Å². The Morgan fingerprint density at radius 1 is 0.875 bits per heavy atom. The minimum atomic E-state index is -4.48. The van der Waals surface area contributed by atoms with E-state index in [1.54, 1.807) is 39.0 Å². The summed E-state index contributed by atoms with van der Waals surface area (Å²) in [5.41, 5.74) is 3.70. The van der Waals surface area contributed by atoms with E-state index in [-0.39, 0.29) is 16.2 Å². The quantitative estimate of drug-likeness (QED) is 0.632. The monoisotopic (exact) mass is 370 g/mol. The molecule has 0 aromatic heterocycles. The van der Waals surface area contributed by atoms with Crippen molar-refractivity contribution in [2.75, 3.05) is 0 Å². The Kier molecular flexibility index (Phi) is 5.14. The summed E-state index contributed by atoms with van der Waals surface area (Å²) < 4.78 is 58.2. The van der Waals surface area contributed by atoms with Crippen molar-refractivity contribution in [2.45, 2.75) is 32.6 Å². The third kappa shape index (κ3) is 3.84. The summed E-state index contributed by atoms with van der Waals surface area (Å²) in [7, 11) is -4.48. The molecule has 0 fully saturated rings. The van der Waals surface area contributed by atoms with E-state index in [2.05, 4.69) is 0 Å². The fraction of sp³-hybridized carbons (Fsp3) is 0.250. The Balaban J connectivity index is 2.88. The van der Waals surface area contributed by atoms with E-state index >= 15 is 0 Å². The van der Waals surface area contributed by atoms with Gasteiger partial charge in [-0.3, -0.25) is 9.11 Å². The van der Waals surface area contributed by atoms with Crippen LogP contribution in [0, 0.1) is 27.7 Å². The normalized spacial score (nSPS) is 12.9. The lowest BCUT2D eigenvalue weighted by molar-refractivity contribution is 0.458. The van der Waals surface area contributed by atoms with Crippen molar-refractivity contribution < 1.29 is 25.9 Å². The second kappa shape index (κ2) is 6.64. The fourth-order valence-electron chi connectivity index (χ4n) is 2.36. The molecule has 0 aliphatic carbocycles. The van der Waals surface area contributed by atoms with Gasteiger partial charge in [-0.25, -0.2) is 0 Å². The molecule has 1 unspecified atom stereocenters. The molecule has 0 aliphatic rings. The first kappa shape index (κ1) is 18.6. The van der Waals surface area contributed by atoms with E-state index in [0.717, 1.165) is 16.7 Å². The summed E-state index contributed by atoms with van der Waals surface area (Å²) in [6, 6.07) is 6.20. The zero-order valence-electron chi connectivity index (χ0n) is 13.7. The van der Waals surface area contributed by atoms with Gasteiger partial charge in [-0.1, -0.05) is 0 Å². The molecular weight excluding hydrogens is 352 g/mol. The van der Waals surface area contributed by atoms with Crippen molar-refractivity contribution >= 4 is 21.5 Å². The lowest BCUT2D eigenvalue weighted by Crippen LogP contribution is -2.05. The van der Waals surface area contributed by atoms with Gasteiger partial charge in [0.1, 0.15) is 4.90 Å². The Morgan fingerprint density at radius 3 is 1.83 bits per heavy atom. The highest BCUT2D eigenvalue weighted by atomic mass is 32.2. The largest absolute Gasteiger partial charge is 0.379 e. The molecular formula is C16H18O6S2. The number of hydrogen-bond donors (Lipinski definition) is 2. The summed E-state index contributed by atoms with van der Waals surface area (Å²) >= 11 is -2.56. The summed E-state index contributed by atoms with van der Waals surface area (Å²) in [6.45, 7) is 7.16. The summed E-state index contributed by atoms with van der Waals surface area (Å²) in [5, 5.41) is 0. The molecule has 1 atom stereocenters. The summed E-state index contributed by atoms with van der Waals surface area (Å²) in [4.78, 5) is -0.276. The van der Waals surface area contributed by atoms with Crippen LogP contribution in [-0.4, -0.2) is 21.7 Å². The van der Waals surface area contributed by atoms with Gasteiger partial charge < -0.3 is 4.18 Å². The molecule has 8 heteroatoms. The lowest BCUT2D eigenvalue weighted by atomic mass is 9.96. The first-order chi connectivity index (χ1) is 11.0. The van der Waals surface area contributed by atoms with Crippen LogP contribution in [0.15, 0.2) is 29.2 Å². The Bertz CT molecular complexity index is 932. The smallest absolute Gasteiger partial charge is 0.357 e. The third-order valence-electron chi connectivity index (χ3n) is 3.92. The molecule has 24 heavy (non-hydrogen) atoms. The fourth-order valence-corrected chi connectivity index (χ4v) is 3.42. The second-order valence-electron chi connectivity index (χ2n) is 5.64. The molecule has 2 aromatic rings. The van der Waals surface area contributed by atoms with Gasteiger partial charge in [-0.05, 0) is 74.2 Å². The van der Waals surface area contributed by atoms with Gasteiger partial charge in [0, 0.05) is 11.1 Å².